The van der Waals surface area contributed by atoms with Crippen molar-refractivity contribution in [3.8, 4) is 5.75 Å². The van der Waals surface area contributed by atoms with E-state index >= 15 is 0 Å². The van der Waals surface area contributed by atoms with Gasteiger partial charge in [0.15, 0.2) is 6.10 Å². The molecule has 1 atom stereocenters. The van der Waals surface area contributed by atoms with Crippen molar-refractivity contribution in [3.63, 3.8) is 0 Å². The van der Waals surface area contributed by atoms with Gasteiger partial charge >= 0.3 is 12.1 Å². The summed E-state index contributed by atoms with van der Waals surface area (Å²) in [5.74, 6) is 0.708. The number of aryl methyl sites for hydroxylation is 2. The molecule has 2 aromatic rings. The number of hydrogen-bond acceptors (Lipinski definition) is 7. The average Bonchev–Trinajstić information content (AvgIpc) is 3.42. The van der Waals surface area contributed by atoms with E-state index < -0.39 is 12.2 Å². The zero-order valence-electron chi connectivity index (χ0n) is 29.8. The fourth-order valence-corrected chi connectivity index (χ4v) is 8.25. The van der Waals surface area contributed by atoms with Gasteiger partial charge in [-0.25, -0.2) is 9.59 Å². The lowest BCUT2D eigenvalue weighted by molar-refractivity contribution is -0.142. The van der Waals surface area contributed by atoms with Crippen molar-refractivity contribution >= 4 is 23.7 Å². The number of benzene rings is 2. The first-order valence-corrected chi connectivity index (χ1v) is 18.2. The maximum atomic E-state index is 14.1. The van der Waals surface area contributed by atoms with Crippen molar-refractivity contribution in [2.24, 2.45) is 0 Å². The Morgan fingerprint density at radius 2 is 1.53 bits per heavy atom. The third kappa shape index (κ3) is 8.32. The molecule has 0 bridgehead atoms. The van der Waals surface area contributed by atoms with Gasteiger partial charge in [0.25, 0.3) is 5.91 Å². The van der Waals surface area contributed by atoms with Crippen LogP contribution in [-0.2, 0) is 22.4 Å². The van der Waals surface area contributed by atoms with E-state index in [1.54, 1.807) is 12.0 Å². The lowest BCUT2D eigenvalue weighted by atomic mass is 9.98. The molecule has 3 saturated heterocycles. The standard InChI is InChI=1S/C38H54N6O5/c1-27-24-29(25-28(2)35(27)48-4)26-34(36(45)42-17-11-31(12-18-42)41-16-7-15-40(3)22-23-41)49-38(47)43-19-13-32(14-20-43)44-21-10-30-8-5-6-9-33(30)39-37(44)46/h5-6,8-9,24-25,31-32,34H,7,10-23,26H2,1-4H3,(H,39,46)/t34-/m1/s1. The van der Waals surface area contributed by atoms with Gasteiger partial charge in [0.05, 0.1) is 7.11 Å². The molecule has 49 heavy (non-hydrogen) atoms. The highest BCUT2D eigenvalue weighted by Gasteiger charge is 2.36. The number of ether oxygens (including phenoxy) is 2. The van der Waals surface area contributed by atoms with Crippen LogP contribution in [0.25, 0.3) is 0 Å². The molecule has 0 aromatic heterocycles. The first kappa shape index (κ1) is 35.0. The van der Waals surface area contributed by atoms with Crippen LogP contribution in [0, 0.1) is 13.8 Å². The second-order valence-electron chi connectivity index (χ2n) is 14.3. The number of hydrogen-bond donors (Lipinski definition) is 1. The molecule has 0 aliphatic carbocycles. The predicted molar refractivity (Wildman–Crippen MR) is 190 cm³/mol. The predicted octanol–water partition coefficient (Wildman–Crippen LogP) is 4.54. The van der Waals surface area contributed by atoms with Gasteiger partial charge < -0.3 is 34.4 Å². The highest BCUT2D eigenvalue weighted by atomic mass is 16.6. The molecule has 4 heterocycles. The number of likely N-dealkylation sites (tertiary alicyclic amines) is 2. The van der Waals surface area contributed by atoms with E-state index in [-0.39, 0.29) is 18.0 Å². The molecule has 1 N–H and O–H groups in total. The van der Waals surface area contributed by atoms with Crippen molar-refractivity contribution < 1.29 is 23.9 Å². The number of carbonyl (C=O) groups excluding carboxylic acids is 3. The Bertz CT molecular complexity index is 1460. The van der Waals surface area contributed by atoms with Crippen molar-refractivity contribution in [1.82, 2.24) is 24.5 Å². The van der Waals surface area contributed by atoms with Crippen LogP contribution in [0.3, 0.4) is 0 Å². The zero-order chi connectivity index (χ0) is 34.5. The molecule has 0 saturated carbocycles. The summed E-state index contributed by atoms with van der Waals surface area (Å²) >= 11 is 0. The van der Waals surface area contributed by atoms with Crippen molar-refractivity contribution in [2.75, 3.05) is 78.4 Å². The molecule has 3 fully saturated rings. The minimum Gasteiger partial charge on any atom is -0.496 e. The molecule has 0 unspecified atom stereocenters. The molecule has 266 valence electrons. The first-order valence-electron chi connectivity index (χ1n) is 18.2. The Labute approximate surface area is 291 Å². The Morgan fingerprint density at radius 3 is 2.24 bits per heavy atom. The number of carbonyl (C=O) groups is 3. The molecular formula is C38H54N6O5. The second kappa shape index (κ2) is 15.8. The molecule has 2 aromatic carbocycles. The van der Waals surface area contributed by atoms with Crippen LogP contribution in [0.5, 0.6) is 5.75 Å². The number of rotatable bonds is 7. The van der Waals surface area contributed by atoms with Crippen LogP contribution in [0.2, 0.25) is 0 Å². The van der Waals surface area contributed by atoms with Crippen LogP contribution in [0.15, 0.2) is 36.4 Å². The van der Waals surface area contributed by atoms with Crippen LogP contribution in [-0.4, -0.2) is 134 Å². The zero-order valence-corrected chi connectivity index (χ0v) is 29.8. The molecule has 11 nitrogen and oxygen atoms in total. The van der Waals surface area contributed by atoms with E-state index in [0.717, 1.165) is 79.1 Å². The minimum atomic E-state index is -0.921. The maximum absolute atomic E-state index is 14.1. The number of likely N-dealkylation sites (N-methyl/N-ethyl adjacent to an activating group) is 1. The smallest absolute Gasteiger partial charge is 0.410 e. The van der Waals surface area contributed by atoms with Crippen molar-refractivity contribution in [2.45, 2.75) is 77.0 Å². The summed E-state index contributed by atoms with van der Waals surface area (Å²) in [6.45, 7) is 11.3. The number of anilines is 1. The number of urea groups is 1. The second-order valence-corrected chi connectivity index (χ2v) is 14.3. The summed E-state index contributed by atoms with van der Waals surface area (Å²) in [6, 6.07) is 12.4. The van der Waals surface area contributed by atoms with E-state index in [9.17, 15) is 14.4 Å². The molecule has 6 rings (SSSR count). The monoisotopic (exact) mass is 674 g/mol. The Morgan fingerprint density at radius 1 is 0.857 bits per heavy atom. The van der Waals surface area contributed by atoms with Gasteiger partial charge in [0.2, 0.25) is 0 Å². The Kier molecular flexibility index (Phi) is 11.3. The summed E-state index contributed by atoms with van der Waals surface area (Å²) in [5, 5.41) is 3.06. The molecule has 11 heteroatoms. The number of amides is 4. The topological polar surface area (TPSA) is 97.9 Å². The number of para-hydroxylation sites is 1. The van der Waals surface area contributed by atoms with E-state index in [2.05, 4.69) is 28.2 Å². The Balaban J connectivity index is 1.09. The molecular weight excluding hydrogens is 620 g/mol. The van der Waals surface area contributed by atoms with Gasteiger partial charge in [0.1, 0.15) is 5.75 Å². The third-order valence-corrected chi connectivity index (χ3v) is 11.0. The van der Waals surface area contributed by atoms with E-state index in [4.69, 9.17) is 9.47 Å². The van der Waals surface area contributed by atoms with Gasteiger partial charge in [-0.15, -0.1) is 0 Å². The van der Waals surface area contributed by atoms with E-state index in [1.807, 2.05) is 54.0 Å². The first-order chi connectivity index (χ1) is 23.7. The van der Waals surface area contributed by atoms with E-state index in [0.29, 0.717) is 58.0 Å². The van der Waals surface area contributed by atoms with Gasteiger partial charge in [-0.1, -0.05) is 30.3 Å². The molecule has 0 radical (unpaired) electrons. The summed E-state index contributed by atoms with van der Waals surface area (Å²) in [4.78, 5) is 51.5. The SMILES string of the molecule is COc1c(C)cc(C[C@@H](OC(=O)N2CCC(N3CCc4ccccc4NC3=O)CC2)C(=O)N2CCC(N3CCCN(C)CC3)CC2)cc1C. The van der Waals surface area contributed by atoms with Crippen LogP contribution in [0.1, 0.15) is 54.4 Å². The van der Waals surface area contributed by atoms with Crippen molar-refractivity contribution in [1.29, 1.82) is 0 Å². The fourth-order valence-electron chi connectivity index (χ4n) is 8.25. The summed E-state index contributed by atoms with van der Waals surface area (Å²) in [7, 11) is 3.85. The highest BCUT2D eigenvalue weighted by molar-refractivity contribution is 5.91. The number of fused-ring (bicyclic) bond motifs is 1. The van der Waals surface area contributed by atoms with Crippen LogP contribution in [0.4, 0.5) is 15.3 Å². The largest absolute Gasteiger partial charge is 0.496 e. The quantitative estimate of drug-likeness (QED) is 0.461. The fraction of sp³-hybridized carbons (Fsp3) is 0.605. The highest BCUT2D eigenvalue weighted by Crippen LogP contribution is 2.28. The number of nitrogens with zero attached hydrogens (tertiary/aromatic N) is 5. The van der Waals surface area contributed by atoms with Crippen molar-refractivity contribution in [3.05, 3.63) is 58.7 Å². The van der Waals surface area contributed by atoms with Gasteiger partial charge in [-0.3, -0.25) is 9.69 Å². The third-order valence-electron chi connectivity index (χ3n) is 11.0. The van der Waals surface area contributed by atoms with E-state index in [1.165, 1.54) is 6.42 Å². The van der Waals surface area contributed by atoms with Gasteiger partial charge in [0, 0.05) is 70.0 Å². The maximum Gasteiger partial charge on any atom is 0.410 e. The van der Waals surface area contributed by atoms with Gasteiger partial charge in [-0.05, 0) is 101 Å². The summed E-state index contributed by atoms with van der Waals surface area (Å²) < 4.78 is 11.7. The Hall–Kier alpha value is -3.83. The lowest BCUT2D eigenvalue weighted by Crippen LogP contribution is -2.52. The normalized spacial score (nSPS) is 21.0. The average molecular weight is 675 g/mol. The summed E-state index contributed by atoms with van der Waals surface area (Å²) in [6.07, 6.45) is 4.06. The van der Waals surface area contributed by atoms with Crippen LogP contribution < -0.4 is 10.1 Å². The van der Waals surface area contributed by atoms with Gasteiger partial charge in [-0.2, -0.15) is 0 Å². The molecule has 4 amide bonds. The lowest BCUT2D eigenvalue weighted by Gasteiger charge is -2.40. The molecule has 0 spiro atoms. The number of nitrogens with one attached hydrogen (secondary N) is 1. The number of piperidine rings is 2. The minimum absolute atomic E-state index is 0.0342. The summed E-state index contributed by atoms with van der Waals surface area (Å²) in [5.41, 5.74) is 4.92. The number of methoxy groups -OCH3 is 1. The molecule has 4 aliphatic rings. The molecule has 4 aliphatic heterocycles. The van der Waals surface area contributed by atoms with Crippen LogP contribution >= 0.6 is 0 Å².